The Morgan fingerprint density at radius 3 is 2.45 bits per heavy atom. The van der Waals surface area contributed by atoms with Gasteiger partial charge in [0.25, 0.3) is 0 Å². The van der Waals surface area contributed by atoms with E-state index in [0.717, 1.165) is 38.6 Å². The van der Waals surface area contributed by atoms with Gasteiger partial charge in [0.05, 0.1) is 0 Å². The molecule has 1 saturated carbocycles. The third-order valence-electron chi connectivity index (χ3n) is 2.72. The summed E-state index contributed by atoms with van der Waals surface area (Å²) in [5, 5.41) is 0. The van der Waals surface area contributed by atoms with Gasteiger partial charge in [0.2, 0.25) is 0 Å². The van der Waals surface area contributed by atoms with E-state index in [1.165, 1.54) is 0 Å². The second kappa shape index (κ2) is 3.53. The summed E-state index contributed by atoms with van der Waals surface area (Å²) in [5.41, 5.74) is 4.55. The molecule has 2 heteroatoms. The molecule has 1 fully saturated rings. The van der Waals surface area contributed by atoms with Gasteiger partial charge in [0.1, 0.15) is 5.67 Å². The van der Waals surface area contributed by atoms with Gasteiger partial charge in [-0.05, 0) is 51.5 Å². The van der Waals surface area contributed by atoms with Crippen molar-refractivity contribution in [1.82, 2.24) is 0 Å². The van der Waals surface area contributed by atoms with Crippen molar-refractivity contribution in [2.24, 2.45) is 11.7 Å². The van der Waals surface area contributed by atoms with Gasteiger partial charge in [-0.1, -0.05) is 0 Å². The molecule has 0 spiro atoms. The van der Waals surface area contributed by atoms with Gasteiger partial charge in [0, 0.05) is 0 Å². The van der Waals surface area contributed by atoms with Gasteiger partial charge in [-0.3, -0.25) is 0 Å². The summed E-state index contributed by atoms with van der Waals surface area (Å²) in [5.74, 6) is 0.698. The van der Waals surface area contributed by atoms with Gasteiger partial charge in [-0.25, -0.2) is 4.39 Å². The van der Waals surface area contributed by atoms with E-state index < -0.39 is 5.67 Å². The fraction of sp³-hybridized carbons (Fsp3) is 1.00. The van der Waals surface area contributed by atoms with Crippen LogP contribution in [-0.2, 0) is 0 Å². The molecule has 0 unspecified atom stereocenters. The highest BCUT2D eigenvalue weighted by Gasteiger charge is 2.29. The third-order valence-corrected chi connectivity index (χ3v) is 2.72. The number of hydrogen-bond acceptors (Lipinski definition) is 1. The minimum Gasteiger partial charge on any atom is -0.330 e. The highest BCUT2D eigenvalue weighted by atomic mass is 19.1. The maximum Gasteiger partial charge on any atom is 0.108 e. The molecule has 0 aliphatic heterocycles. The Labute approximate surface area is 68.2 Å². The second-order valence-corrected chi connectivity index (χ2v) is 3.93. The lowest BCUT2D eigenvalue weighted by atomic mass is 9.80. The van der Waals surface area contributed by atoms with Crippen molar-refractivity contribution in [1.29, 1.82) is 0 Å². The van der Waals surface area contributed by atoms with Crippen LogP contribution < -0.4 is 5.73 Å². The van der Waals surface area contributed by atoms with E-state index in [4.69, 9.17) is 5.73 Å². The van der Waals surface area contributed by atoms with Crippen molar-refractivity contribution in [3.63, 3.8) is 0 Å². The zero-order valence-corrected chi connectivity index (χ0v) is 7.28. The Bertz CT molecular complexity index is 113. The zero-order valence-electron chi connectivity index (χ0n) is 7.28. The molecule has 1 aliphatic rings. The standard InChI is InChI=1S/C9H18FN/c1-9(10)5-2-8(3-6-9)4-7-11/h8H,2-7,11H2,1H3. The SMILES string of the molecule is CC1(F)CCC(CCN)CC1. The van der Waals surface area contributed by atoms with Crippen molar-refractivity contribution >= 4 is 0 Å². The molecule has 0 amide bonds. The number of rotatable bonds is 2. The molecule has 0 heterocycles. The molecule has 2 N–H and O–H groups in total. The second-order valence-electron chi connectivity index (χ2n) is 3.93. The van der Waals surface area contributed by atoms with Crippen molar-refractivity contribution in [3.8, 4) is 0 Å². The van der Waals surface area contributed by atoms with E-state index in [2.05, 4.69) is 0 Å². The highest BCUT2D eigenvalue weighted by molar-refractivity contribution is 4.81. The Morgan fingerprint density at radius 1 is 1.45 bits per heavy atom. The Kier molecular flexibility index (Phi) is 2.88. The fourth-order valence-corrected chi connectivity index (χ4v) is 1.80. The van der Waals surface area contributed by atoms with E-state index in [0.29, 0.717) is 5.92 Å². The molecule has 0 aromatic rings. The van der Waals surface area contributed by atoms with Gasteiger partial charge in [-0.15, -0.1) is 0 Å². The minimum atomic E-state index is -0.884. The highest BCUT2D eigenvalue weighted by Crippen LogP contribution is 2.35. The van der Waals surface area contributed by atoms with Crippen LogP contribution in [0.15, 0.2) is 0 Å². The molecule has 1 rings (SSSR count). The lowest BCUT2D eigenvalue weighted by Gasteiger charge is -2.30. The van der Waals surface area contributed by atoms with Crippen LogP contribution in [0.4, 0.5) is 4.39 Å². The summed E-state index contributed by atoms with van der Waals surface area (Å²) in [7, 11) is 0. The summed E-state index contributed by atoms with van der Waals surface area (Å²) >= 11 is 0. The van der Waals surface area contributed by atoms with Crippen LogP contribution in [0.5, 0.6) is 0 Å². The Morgan fingerprint density at radius 2 is 2.00 bits per heavy atom. The molecule has 0 aromatic carbocycles. The number of nitrogens with two attached hydrogens (primary N) is 1. The molecule has 0 aromatic heterocycles. The van der Waals surface area contributed by atoms with Gasteiger partial charge < -0.3 is 5.73 Å². The first-order chi connectivity index (χ1) is 5.14. The molecule has 1 aliphatic carbocycles. The van der Waals surface area contributed by atoms with E-state index in [9.17, 15) is 4.39 Å². The van der Waals surface area contributed by atoms with Crippen molar-refractivity contribution in [2.45, 2.75) is 44.7 Å². The summed E-state index contributed by atoms with van der Waals surface area (Å²) < 4.78 is 13.3. The Balaban J connectivity index is 2.25. The van der Waals surface area contributed by atoms with Gasteiger partial charge in [0.15, 0.2) is 0 Å². The van der Waals surface area contributed by atoms with Crippen LogP contribution in [0.25, 0.3) is 0 Å². The first-order valence-corrected chi connectivity index (χ1v) is 4.53. The average molecular weight is 159 g/mol. The van der Waals surface area contributed by atoms with Gasteiger partial charge >= 0.3 is 0 Å². The monoisotopic (exact) mass is 159 g/mol. The first kappa shape index (κ1) is 8.98. The summed E-state index contributed by atoms with van der Waals surface area (Å²) in [6.45, 7) is 2.47. The fourth-order valence-electron chi connectivity index (χ4n) is 1.80. The predicted molar refractivity (Wildman–Crippen MR) is 45.1 cm³/mol. The maximum absolute atomic E-state index is 13.3. The molecule has 66 valence electrons. The van der Waals surface area contributed by atoms with E-state index in [1.807, 2.05) is 0 Å². The van der Waals surface area contributed by atoms with E-state index in [-0.39, 0.29) is 0 Å². The van der Waals surface area contributed by atoms with Crippen LogP contribution in [-0.4, -0.2) is 12.2 Å². The lowest BCUT2D eigenvalue weighted by Crippen LogP contribution is -2.26. The number of halogens is 1. The quantitative estimate of drug-likeness (QED) is 0.657. The summed E-state index contributed by atoms with van der Waals surface area (Å²) in [4.78, 5) is 0. The van der Waals surface area contributed by atoms with Crippen molar-refractivity contribution in [3.05, 3.63) is 0 Å². The smallest absolute Gasteiger partial charge is 0.108 e. The van der Waals surface area contributed by atoms with Crippen LogP contribution in [0.2, 0.25) is 0 Å². The summed E-state index contributed by atoms with van der Waals surface area (Å²) in [6, 6.07) is 0. The molecule has 0 radical (unpaired) electrons. The van der Waals surface area contributed by atoms with Crippen molar-refractivity contribution in [2.75, 3.05) is 6.54 Å². The molecule has 1 nitrogen and oxygen atoms in total. The maximum atomic E-state index is 13.3. The van der Waals surface area contributed by atoms with Crippen LogP contribution in [0.1, 0.15) is 39.0 Å². The predicted octanol–water partition coefficient (Wildman–Crippen LogP) is 2.25. The third kappa shape index (κ3) is 2.78. The molecule has 0 bridgehead atoms. The number of hydrogen-bond donors (Lipinski definition) is 1. The first-order valence-electron chi connectivity index (χ1n) is 4.53. The van der Waals surface area contributed by atoms with Crippen LogP contribution in [0.3, 0.4) is 0 Å². The molecular formula is C9H18FN. The van der Waals surface area contributed by atoms with Crippen LogP contribution >= 0.6 is 0 Å². The zero-order chi connectivity index (χ0) is 8.32. The minimum absolute atomic E-state index is 0.698. The van der Waals surface area contributed by atoms with Gasteiger partial charge in [-0.2, -0.15) is 0 Å². The number of alkyl halides is 1. The van der Waals surface area contributed by atoms with Crippen molar-refractivity contribution < 1.29 is 4.39 Å². The summed E-state index contributed by atoms with van der Waals surface area (Å²) in [6.07, 6.45) is 4.61. The molecule has 0 saturated heterocycles. The molecular weight excluding hydrogens is 141 g/mol. The normalized spacial score (nSPS) is 39.0. The average Bonchev–Trinajstić information content (AvgIpc) is 1.94. The Hall–Kier alpha value is -0.110. The largest absolute Gasteiger partial charge is 0.330 e. The molecule has 0 atom stereocenters. The van der Waals surface area contributed by atoms with E-state index >= 15 is 0 Å². The van der Waals surface area contributed by atoms with E-state index in [1.54, 1.807) is 6.92 Å². The topological polar surface area (TPSA) is 26.0 Å². The lowest BCUT2D eigenvalue weighted by molar-refractivity contribution is 0.101. The van der Waals surface area contributed by atoms with Crippen LogP contribution in [0, 0.1) is 5.92 Å². The molecule has 11 heavy (non-hydrogen) atoms.